The fraction of sp³-hybridized carbons (Fsp3) is 0.333. The first kappa shape index (κ1) is 3.11. The van der Waals surface area contributed by atoms with Crippen LogP contribution in [-0.2, 0) is 0 Å². The lowest BCUT2D eigenvalue weighted by Gasteiger charge is -2.17. The van der Waals surface area contributed by atoms with Gasteiger partial charge in [-0.3, -0.25) is 0 Å². The van der Waals surface area contributed by atoms with Crippen LogP contribution >= 0.6 is 0 Å². The van der Waals surface area contributed by atoms with Gasteiger partial charge in [0.1, 0.15) is 11.5 Å². The van der Waals surface area contributed by atoms with E-state index in [4.69, 9.17) is 32.2 Å². The van der Waals surface area contributed by atoms with Crippen molar-refractivity contribution < 1.29 is 32.2 Å². The van der Waals surface area contributed by atoms with E-state index in [0.29, 0.717) is 0 Å². The molecule has 19 heavy (non-hydrogen) atoms. The summed E-state index contributed by atoms with van der Waals surface area (Å²) in [5, 5.41) is 0. The van der Waals surface area contributed by atoms with Crippen molar-refractivity contribution in [3.63, 3.8) is 0 Å². The number of hydrogen-bond donors (Lipinski definition) is 0. The van der Waals surface area contributed by atoms with Gasteiger partial charge in [0.15, 0.2) is 0 Å². The van der Waals surface area contributed by atoms with Crippen LogP contribution in [0.1, 0.15) is 60.8 Å². The fourth-order valence-electron chi connectivity index (χ4n) is 1.38. The summed E-state index contributed by atoms with van der Waals surface area (Å²) in [5.41, 5.74) is -6.90. The zero-order valence-corrected chi connectivity index (χ0v) is 9.56. The maximum Gasteiger partial charge on any atom is 0.133 e. The maximum atomic E-state index is 8.28. The highest BCUT2D eigenvalue weighted by atomic mass is 16.5. The van der Waals surface area contributed by atoms with Crippen LogP contribution in [0.2, 0.25) is 0 Å². The Kier molecular flexibility index (Phi) is 0.832. The molecule has 0 atom stereocenters. The molecule has 2 aromatic carbocycles. The third-order valence-electron chi connectivity index (χ3n) is 2.15. The molecule has 0 radical (unpaired) electrons. The predicted octanol–water partition coefficient (Wildman–Crippen LogP) is 5.33. The highest BCUT2D eigenvalue weighted by Crippen LogP contribution is 2.34. The van der Waals surface area contributed by atoms with Crippen LogP contribution in [0.25, 0.3) is 0 Å². The maximum absolute atomic E-state index is 8.28. The van der Waals surface area contributed by atoms with Crippen molar-refractivity contribution in [3.05, 3.63) is 57.6 Å². The van der Waals surface area contributed by atoms with Crippen molar-refractivity contribution in [3.8, 4) is 11.5 Å². The summed E-state index contributed by atoms with van der Waals surface area (Å²) in [5.74, 6) is -2.68. The summed E-state index contributed by atoms with van der Waals surface area (Å²) in [6.07, 6.45) is 0. The van der Waals surface area contributed by atoms with Crippen molar-refractivity contribution in [2.45, 2.75) is 41.2 Å². The Bertz CT molecular complexity index is 1080. The quantitative estimate of drug-likeness (QED) is 0.719. The zero-order valence-electron chi connectivity index (χ0n) is 29.6. The summed E-state index contributed by atoms with van der Waals surface area (Å²) in [7, 11) is 0. The normalized spacial score (nSPS) is 28.9. The number of benzene rings is 2. The van der Waals surface area contributed by atoms with Crippen LogP contribution in [-0.4, -0.2) is 0 Å². The molecule has 0 amide bonds. The predicted molar refractivity (Wildman–Crippen MR) is 81.4 cm³/mol. The molecule has 0 bridgehead atoms. The summed E-state index contributed by atoms with van der Waals surface area (Å²) in [6.45, 7) is -18.2. The van der Waals surface area contributed by atoms with Gasteiger partial charge >= 0.3 is 0 Å². The second-order valence-electron chi connectivity index (χ2n) is 3.59. The van der Waals surface area contributed by atoms with E-state index in [2.05, 4.69) is 0 Å². The third kappa shape index (κ3) is 2.81. The van der Waals surface area contributed by atoms with Crippen LogP contribution < -0.4 is 4.74 Å². The van der Waals surface area contributed by atoms with Gasteiger partial charge < -0.3 is 4.74 Å². The van der Waals surface area contributed by atoms with Gasteiger partial charge in [0.2, 0.25) is 0 Å². The zero-order chi connectivity index (χ0) is 30.8. The molecular formula is C18H22O. The summed E-state index contributed by atoms with van der Waals surface area (Å²) in [4.78, 5) is 0. The van der Waals surface area contributed by atoms with Crippen molar-refractivity contribution in [1.29, 1.82) is 0 Å². The van der Waals surface area contributed by atoms with Gasteiger partial charge in [0, 0.05) is 21.9 Å². The van der Waals surface area contributed by atoms with Crippen molar-refractivity contribution >= 4 is 0 Å². The first-order valence-electron chi connectivity index (χ1n) is 15.3. The summed E-state index contributed by atoms with van der Waals surface area (Å²) >= 11 is 0. The Morgan fingerprint density at radius 2 is 1.11 bits per heavy atom. The lowest BCUT2D eigenvalue weighted by Crippen LogP contribution is -1.96. The molecule has 2 rings (SSSR count). The van der Waals surface area contributed by atoms with Gasteiger partial charge in [-0.1, -0.05) is 35.3 Å². The molecule has 0 spiro atoms. The van der Waals surface area contributed by atoms with Crippen LogP contribution in [0.3, 0.4) is 0 Å². The minimum atomic E-state index is -3.44. The average Bonchev–Trinajstić information content (AvgIpc) is 2.62. The minimum absolute atomic E-state index is 0.921. The highest BCUT2D eigenvalue weighted by Gasteiger charge is 2.10. The SMILES string of the molecule is [2H]c1c(C([2H])[2H])c([2H])c(C([2H])([2H])[2H])c(Oc2c(C([2H])([2H])[2H])c([2H])c(C([2H])[2H])c([2H])c2C([2H])([2H])[2H])c1C([2H])([2H])[2H]. The lowest BCUT2D eigenvalue weighted by atomic mass is 10.0. The van der Waals surface area contributed by atoms with E-state index in [0.717, 1.165) is 0 Å². The minimum Gasteiger partial charge on any atom is -0.456 e. The third-order valence-corrected chi connectivity index (χ3v) is 2.15. The molecule has 0 aliphatic heterocycles. The Balaban J connectivity index is 3.35. The molecule has 1 nitrogen and oxygen atoms in total. The summed E-state index contributed by atoms with van der Waals surface area (Å²) in [6, 6.07) is -4.68. The molecule has 0 aliphatic rings. The van der Waals surface area contributed by atoms with E-state index in [1.807, 2.05) is 0 Å². The first-order valence-corrected chi connectivity index (χ1v) is 4.99. The van der Waals surface area contributed by atoms with E-state index in [1.165, 1.54) is 0 Å². The van der Waals surface area contributed by atoms with Crippen LogP contribution in [0.15, 0.2) is 24.2 Å². The molecular weight excluding hydrogens is 232 g/mol. The molecule has 0 aromatic heterocycles. The lowest BCUT2D eigenvalue weighted by molar-refractivity contribution is 0.467. The van der Waals surface area contributed by atoms with E-state index >= 15 is 0 Å². The average molecular weight is 274 g/mol. The molecule has 100 valence electrons. The van der Waals surface area contributed by atoms with Crippen molar-refractivity contribution in [2.24, 2.45) is 0 Å². The molecule has 1 heteroatoms. The molecule has 0 N–H and O–H groups in total. The van der Waals surface area contributed by atoms with Gasteiger partial charge in [0.05, 0.1) is 5.48 Å². The number of hydrogen-bond acceptors (Lipinski definition) is 1. The molecule has 0 unspecified atom stereocenters. The van der Waals surface area contributed by atoms with Crippen LogP contribution in [0, 0.1) is 41.2 Å². The monoisotopic (exact) mass is 274 g/mol. The number of ether oxygens (including phenoxy) is 1. The molecule has 0 saturated carbocycles. The Labute approximate surface area is 144 Å². The smallest absolute Gasteiger partial charge is 0.133 e. The molecule has 0 aliphatic carbocycles. The van der Waals surface area contributed by atoms with E-state index < -0.39 is 110 Å². The molecule has 2 aromatic rings. The number of rotatable bonds is 2. The van der Waals surface area contributed by atoms with E-state index in [1.54, 1.807) is 0 Å². The van der Waals surface area contributed by atoms with Crippen molar-refractivity contribution in [1.82, 2.24) is 0 Å². The van der Waals surface area contributed by atoms with Gasteiger partial charge in [-0.05, 0) is 63.4 Å². The van der Waals surface area contributed by atoms with Gasteiger partial charge in [0.25, 0.3) is 0 Å². The van der Waals surface area contributed by atoms with Crippen LogP contribution in [0.5, 0.6) is 11.5 Å². The Morgan fingerprint density at radius 1 is 0.737 bits per heavy atom. The second-order valence-corrected chi connectivity index (χ2v) is 3.59. The largest absolute Gasteiger partial charge is 0.456 e. The molecule has 0 heterocycles. The topological polar surface area (TPSA) is 9.23 Å². The highest BCUT2D eigenvalue weighted by molar-refractivity contribution is 5.50. The first-order chi connectivity index (χ1) is 17.3. The summed E-state index contributed by atoms with van der Waals surface area (Å²) < 4.78 is 164. The Hall–Kier alpha value is -1.76. The second kappa shape index (κ2) is 5.08. The van der Waals surface area contributed by atoms with Gasteiger partial charge in [-0.15, -0.1) is 0 Å². The van der Waals surface area contributed by atoms with Crippen molar-refractivity contribution in [2.75, 3.05) is 0 Å². The van der Waals surface area contributed by atoms with E-state index in [9.17, 15) is 0 Å². The Morgan fingerprint density at radius 3 is 1.37 bits per heavy atom. The molecule has 0 saturated heterocycles. The fourth-order valence-corrected chi connectivity index (χ4v) is 1.38. The van der Waals surface area contributed by atoms with Gasteiger partial charge in [-0.2, -0.15) is 0 Å². The van der Waals surface area contributed by atoms with Crippen LogP contribution in [0.4, 0.5) is 0 Å². The molecule has 0 fully saturated rings. The standard InChI is InChI=1S/C18H22O/c1-11-7-13(3)17(14(4)8-11)19-18-15(5)9-12(2)10-16(18)6/h7-10H,1-6H3/i1D2,2D2,3D3,4D3,5D3,6D3,7D,8D,9D,10D. The van der Waals surface area contributed by atoms with Gasteiger partial charge in [-0.25, -0.2) is 0 Å². The van der Waals surface area contributed by atoms with E-state index in [-0.39, 0.29) is 0 Å².